The van der Waals surface area contributed by atoms with E-state index in [0.29, 0.717) is 5.92 Å². The molecule has 2 aliphatic rings. The number of hydrogen-bond donors (Lipinski definition) is 0. The molecule has 0 amide bonds. The van der Waals surface area contributed by atoms with Gasteiger partial charge in [0, 0.05) is 25.2 Å². The molecule has 0 atom stereocenters. The minimum atomic E-state index is 0.619. The summed E-state index contributed by atoms with van der Waals surface area (Å²) in [5.41, 5.74) is 2.15. The molecule has 4 heterocycles. The molecule has 4 nitrogen and oxygen atoms in total. The van der Waals surface area contributed by atoms with E-state index in [0.717, 1.165) is 24.3 Å². The fraction of sp³-hybridized carbons (Fsp3) is 0.647. The Bertz CT molecular complexity index is 627. The summed E-state index contributed by atoms with van der Waals surface area (Å²) < 4.78 is 2.41. The summed E-state index contributed by atoms with van der Waals surface area (Å²) in [5, 5.41) is 0. The highest BCUT2D eigenvalue weighted by Gasteiger charge is 2.23. The molecule has 2 fully saturated rings. The summed E-state index contributed by atoms with van der Waals surface area (Å²) in [4.78, 5) is 12.2. The maximum Gasteiger partial charge on any atom is 0.160 e. The van der Waals surface area contributed by atoms with Gasteiger partial charge in [-0.15, -0.1) is 0 Å². The molecular weight excluding hydrogens is 292 g/mol. The average molecular weight is 316 g/mol. The summed E-state index contributed by atoms with van der Waals surface area (Å²) in [6.07, 6.45) is 7.14. The molecular formula is C17H24N4S. The third-order valence-corrected chi connectivity index (χ3v) is 6.01. The zero-order valence-electron chi connectivity index (χ0n) is 13.1. The minimum Gasteiger partial charge on any atom is -0.311 e. The van der Waals surface area contributed by atoms with Gasteiger partial charge in [0.15, 0.2) is 5.65 Å². The molecule has 0 unspecified atom stereocenters. The van der Waals surface area contributed by atoms with Crippen molar-refractivity contribution in [2.45, 2.75) is 38.1 Å². The quantitative estimate of drug-likeness (QED) is 0.868. The SMILES string of the molecule is c1cnc2c(c1)nc(C1CCSCC1)n2CCN1CCCC1. The highest BCUT2D eigenvalue weighted by molar-refractivity contribution is 7.99. The molecule has 0 aliphatic carbocycles. The van der Waals surface area contributed by atoms with Crippen LogP contribution in [0.5, 0.6) is 0 Å². The number of thioether (sulfide) groups is 1. The lowest BCUT2D eigenvalue weighted by Gasteiger charge is -2.23. The van der Waals surface area contributed by atoms with Crippen molar-refractivity contribution in [3.8, 4) is 0 Å². The smallest absolute Gasteiger partial charge is 0.160 e. The standard InChI is InChI=1S/C17H24N4S/c1-2-9-20(8-1)10-11-21-16(14-5-12-22-13-6-14)19-15-4-3-7-18-17(15)21/h3-4,7,14H,1-2,5-6,8-13H2. The van der Waals surface area contributed by atoms with Gasteiger partial charge in [0.25, 0.3) is 0 Å². The molecule has 2 aliphatic heterocycles. The second-order valence-corrected chi connectivity index (χ2v) is 7.63. The van der Waals surface area contributed by atoms with Gasteiger partial charge in [-0.2, -0.15) is 11.8 Å². The molecule has 2 aromatic rings. The van der Waals surface area contributed by atoms with Gasteiger partial charge in [-0.1, -0.05) is 0 Å². The third-order valence-electron chi connectivity index (χ3n) is 4.96. The van der Waals surface area contributed by atoms with Crippen molar-refractivity contribution in [3.05, 3.63) is 24.2 Å². The Labute approximate surface area is 136 Å². The summed E-state index contributed by atoms with van der Waals surface area (Å²) >= 11 is 2.08. The molecule has 0 radical (unpaired) electrons. The lowest BCUT2D eigenvalue weighted by Crippen LogP contribution is -2.25. The Kier molecular flexibility index (Phi) is 4.35. The lowest BCUT2D eigenvalue weighted by atomic mass is 10.0. The fourth-order valence-electron chi connectivity index (χ4n) is 3.71. The van der Waals surface area contributed by atoms with Crippen LogP contribution in [0.15, 0.2) is 18.3 Å². The van der Waals surface area contributed by atoms with Crippen LogP contribution in [0, 0.1) is 0 Å². The van der Waals surface area contributed by atoms with Crippen molar-refractivity contribution >= 4 is 22.9 Å². The van der Waals surface area contributed by atoms with Gasteiger partial charge in [0.1, 0.15) is 11.3 Å². The third kappa shape index (κ3) is 2.88. The van der Waals surface area contributed by atoms with Gasteiger partial charge in [0.05, 0.1) is 0 Å². The number of imidazole rings is 1. The number of likely N-dealkylation sites (tertiary alicyclic amines) is 1. The Morgan fingerprint density at radius 2 is 1.95 bits per heavy atom. The first-order chi connectivity index (χ1) is 10.9. The zero-order chi connectivity index (χ0) is 14.8. The van der Waals surface area contributed by atoms with E-state index in [9.17, 15) is 0 Å². The summed E-state index contributed by atoms with van der Waals surface area (Å²) in [7, 11) is 0. The number of hydrogen-bond acceptors (Lipinski definition) is 4. The van der Waals surface area contributed by atoms with E-state index in [1.807, 2.05) is 12.3 Å². The van der Waals surface area contributed by atoms with E-state index in [2.05, 4.69) is 32.3 Å². The molecule has 0 spiro atoms. The van der Waals surface area contributed by atoms with Crippen LogP contribution in [-0.4, -0.2) is 50.6 Å². The Morgan fingerprint density at radius 3 is 2.77 bits per heavy atom. The highest BCUT2D eigenvalue weighted by atomic mass is 32.2. The number of pyridine rings is 1. The maximum atomic E-state index is 4.95. The molecule has 2 saturated heterocycles. The summed E-state index contributed by atoms with van der Waals surface area (Å²) in [5.74, 6) is 4.45. The molecule has 0 N–H and O–H groups in total. The second-order valence-electron chi connectivity index (χ2n) is 6.40. The first-order valence-corrected chi connectivity index (χ1v) is 9.68. The van der Waals surface area contributed by atoms with Crippen LogP contribution >= 0.6 is 11.8 Å². The number of fused-ring (bicyclic) bond motifs is 1. The molecule has 4 rings (SSSR count). The van der Waals surface area contributed by atoms with Gasteiger partial charge in [-0.3, -0.25) is 0 Å². The van der Waals surface area contributed by atoms with Crippen molar-refractivity contribution in [1.82, 2.24) is 19.4 Å². The van der Waals surface area contributed by atoms with Gasteiger partial charge in [0.2, 0.25) is 0 Å². The molecule has 0 bridgehead atoms. The molecule has 2 aromatic heterocycles. The average Bonchev–Trinajstić information content (AvgIpc) is 3.21. The summed E-state index contributed by atoms with van der Waals surface area (Å²) in [6, 6.07) is 4.11. The van der Waals surface area contributed by atoms with Gasteiger partial charge >= 0.3 is 0 Å². The van der Waals surface area contributed by atoms with Crippen LogP contribution in [0.1, 0.15) is 37.4 Å². The number of rotatable bonds is 4. The van der Waals surface area contributed by atoms with E-state index >= 15 is 0 Å². The first-order valence-electron chi connectivity index (χ1n) is 8.53. The van der Waals surface area contributed by atoms with Crippen LogP contribution in [-0.2, 0) is 6.54 Å². The predicted octanol–water partition coefficient (Wildman–Crippen LogP) is 3.14. The van der Waals surface area contributed by atoms with E-state index < -0.39 is 0 Å². The molecule has 118 valence electrons. The number of nitrogens with zero attached hydrogens (tertiary/aromatic N) is 4. The van der Waals surface area contributed by atoms with Crippen molar-refractivity contribution in [2.75, 3.05) is 31.1 Å². The topological polar surface area (TPSA) is 34.0 Å². The predicted molar refractivity (Wildman–Crippen MR) is 92.5 cm³/mol. The molecule has 0 aromatic carbocycles. The maximum absolute atomic E-state index is 4.95. The Morgan fingerprint density at radius 1 is 1.14 bits per heavy atom. The van der Waals surface area contributed by atoms with E-state index in [1.165, 1.54) is 56.1 Å². The first kappa shape index (κ1) is 14.5. The van der Waals surface area contributed by atoms with E-state index in [1.54, 1.807) is 0 Å². The number of aromatic nitrogens is 3. The monoisotopic (exact) mass is 316 g/mol. The van der Waals surface area contributed by atoms with Crippen molar-refractivity contribution < 1.29 is 0 Å². The van der Waals surface area contributed by atoms with Crippen LogP contribution in [0.3, 0.4) is 0 Å². The van der Waals surface area contributed by atoms with Crippen molar-refractivity contribution in [1.29, 1.82) is 0 Å². The second kappa shape index (κ2) is 6.59. The highest BCUT2D eigenvalue weighted by Crippen LogP contribution is 2.32. The molecule has 5 heteroatoms. The molecule has 0 saturated carbocycles. The largest absolute Gasteiger partial charge is 0.311 e. The van der Waals surface area contributed by atoms with Crippen LogP contribution < -0.4 is 0 Å². The van der Waals surface area contributed by atoms with Crippen LogP contribution in [0.25, 0.3) is 11.2 Å². The van der Waals surface area contributed by atoms with Crippen molar-refractivity contribution in [3.63, 3.8) is 0 Å². The Hall–Kier alpha value is -1.07. The minimum absolute atomic E-state index is 0.619. The van der Waals surface area contributed by atoms with E-state index in [4.69, 9.17) is 4.98 Å². The van der Waals surface area contributed by atoms with Crippen LogP contribution in [0.2, 0.25) is 0 Å². The Balaban J connectivity index is 1.63. The van der Waals surface area contributed by atoms with Gasteiger partial charge in [-0.05, 0) is 62.4 Å². The molecule has 22 heavy (non-hydrogen) atoms. The summed E-state index contributed by atoms with van der Waals surface area (Å²) in [6.45, 7) is 4.69. The fourth-order valence-corrected chi connectivity index (χ4v) is 4.82. The van der Waals surface area contributed by atoms with E-state index in [-0.39, 0.29) is 0 Å². The zero-order valence-corrected chi connectivity index (χ0v) is 13.9. The normalized spacial score (nSPS) is 20.9. The lowest BCUT2D eigenvalue weighted by molar-refractivity contribution is 0.320. The van der Waals surface area contributed by atoms with Crippen molar-refractivity contribution in [2.24, 2.45) is 0 Å². The van der Waals surface area contributed by atoms with Gasteiger partial charge in [-0.25, -0.2) is 9.97 Å². The van der Waals surface area contributed by atoms with Gasteiger partial charge < -0.3 is 9.47 Å². The van der Waals surface area contributed by atoms with Crippen LogP contribution in [0.4, 0.5) is 0 Å².